The first-order valence-electron chi connectivity index (χ1n) is 9.25. The maximum Gasteiger partial charge on any atom is 0.258 e. The van der Waals surface area contributed by atoms with Crippen LogP contribution in [-0.4, -0.2) is 33.9 Å². The number of halogens is 1. The summed E-state index contributed by atoms with van der Waals surface area (Å²) in [6.45, 7) is 3.05. The molecule has 0 bridgehead atoms. The van der Waals surface area contributed by atoms with Gasteiger partial charge in [-0.2, -0.15) is 10.4 Å². The molecule has 2 aromatic carbocycles. The van der Waals surface area contributed by atoms with E-state index in [1.54, 1.807) is 23.1 Å². The molecule has 0 aliphatic rings. The van der Waals surface area contributed by atoms with Crippen LogP contribution in [0.3, 0.4) is 0 Å². The first-order chi connectivity index (χ1) is 14.6. The number of nitriles is 1. The molecule has 0 saturated carbocycles. The molecule has 154 valence electrons. The van der Waals surface area contributed by atoms with Gasteiger partial charge in [0.15, 0.2) is 18.1 Å². The third-order valence-electron chi connectivity index (χ3n) is 4.08. The lowest BCUT2D eigenvalue weighted by Gasteiger charge is -2.14. The van der Waals surface area contributed by atoms with Gasteiger partial charge in [-0.3, -0.25) is 4.79 Å². The van der Waals surface area contributed by atoms with Crippen LogP contribution in [0.25, 0.3) is 0 Å². The Morgan fingerprint density at radius 3 is 2.83 bits per heavy atom. The van der Waals surface area contributed by atoms with Gasteiger partial charge in [0.25, 0.3) is 5.91 Å². The molecule has 0 fully saturated rings. The minimum absolute atomic E-state index is 0.177. The summed E-state index contributed by atoms with van der Waals surface area (Å²) in [5.74, 6) is 0.535. The predicted molar refractivity (Wildman–Crippen MR) is 113 cm³/mol. The number of hydrogen-bond donors (Lipinski definition) is 1. The summed E-state index contributed by atoms with van der Waals surface area (Å²) in [5, 5.41) is 16.0. The van der Waals surface area contributed by atoms with Gasteiger partial charge in [0, 0.05) is 12.6 Å². The number of amides is 1. The van der Waals surface area contributed by atoms with Crippen molar-refractivity contribution in [3.8, 4) is 17.6 Å². The van der Waals surface area contributed by atoms with Crippen molar-refractivity contribution in [3.63, 3.8) is 0 Å². The molecule has 3 aromatic rings. The van der Waals surface area contributed by atoms with Gasteiger partial charge in [-0.05, 0) is 40.0 Å². The number of ether oxygens (including phenoxy) is 2. The normalized spacial score (nSPS) is 10.3. The fraction of sp³-hybridized carbons (Fsp3) is 0.238. The van der Waals surface area contributed by atoms with E-state index in [-0.39, 0.29) is 12.5 Å². The Balaban J connectivity index is 1.56. The Hall–Kier alpha value is -3.38. The molecular weight excluding hydrogens is 450 g/mol. The summed E-state index contributed by atoms with van der Waals surface area (Å²) < 4.78 is 13.5. The molecule has 0 saturated heterocycles. The zero-order chi connectivity index (χ0) is 21.3. The number of aromatic nitrogens is 3. The molecule has 9 heteroatoms. The Kier molecular flexibility index (Phi) is 7.40. The largest absolute Gasteiger partial charge is 0.490 e. The minimum Gasteiger partial charge on any atom is -0.490 e. The molecule has 0 atom stereocenters. The van der Waals surface area contributed by atoms with E-state index in [9.17, 15) is 4.79 Å². The third-order valence-corrected chi connectivity index (χ3v) is 4.67. The molecule has 0 aliphatic carbocycles. The van der Waals surface area contributed by atoms with Crippen LogP contribution in [0.1, 0.15) is 23.6 Å². The van der Waals surface area contributed by atoms with Crippen LogP contribution in [0.4, 0.5) is 0 Å². The maximum atomic E-state index is 12.3. The van der Waals surface area contributed by atoms with Crippen LogP contribution in [0.2, 0.25) is 0 Å². The summed E-state index contributed by atoms with van der Waals surface area (Å²) in [5.41, 5.74) is 2.47. The molecule has 8 nitrogen and oxygen atoms in total. The van der Waals surface area contributed by atoms with Gasteiger partial charge in [0.05, 0.1) is 29.3 Å². The molecule has 1 amide bonds. The van der Waals surface area contributed by atoms with E-state index in [2.05, 4.69) is 37.4 Å². The van der Waals surface area contributed by atoms with Crippen LogP contribution in [0.5, 0.6) is 11.5 Å². The number of rotatable bonds is 9. The van der Waals surface area contributed by atoms with Gasteiger partial charge in [0.2, 0.25) is 0 Å². The van der Waals surface area contributed by atoms with Crippen LogP contribution < -0.4 is 14.8 Å². The van der Waals surface area contributed by atoms with E-state index in [0.717, 1.165) is 11.1 Å². The Labute approximate surface area is 182 Å². The fourth-order valence-corrected chi connectivity index (χ4v) is 3.32. The standard InChI is InChI=1S/C21H20BrN5O3/c1-2-29-19-8-17(9-23)7-18(22)21(19)30-12-20(28)25-10-15-4-3-5-16(6-15)11-27-14-24-13-26-27/h3-8,13-14H,2,10-12H2,1H3,(H,25,28). The zero-order valence-corrected chi connectivity index (χ0v) is 17.9. The molecule has 0 unspecified atom stereocenters. The van der Waals surface area contributed by atoms with Crippen molar-refractivity contribution in [3.05, 3.63) is 70.2 Å². The van der Waals surface area contributed by atoms with Gasteiger partial charge in [-0.1, -0.05) is 24.3 Å². The van der Waals surface area contributed by atoms with Crippen LogP contribution >= 0.6 is 15.9 Å². The quantitative estimate of drug-likeness (QED) is 0.516. The van der Waals surface area contributed by atoms with E-state index in [0.29, 0.717) is 41.2 Å². The average molecular weight is 470 g/mol. The van der Waals surface area contributed by atoms with Crippen molar-refractivity contribution >= 4 is 21.8 Å². The molecule has 3 rings (SSSR count). The number of carbonyl (C=O) groups excluding carboxylic acids is 1. The predicted octanol–water partition coefficient (Wildman–Crippen LogP) is 3.05. The Bertz CT molecular complexity index is 1050. The second-order valence-corrected chi connectivity index (χ2v) is 7.16. The first kappa shape index (κ1) is 21.3. The van der Waals surface area contributed by atoms with E-state index in [4.69, 9.17) is 14.7 Å². The van der Waals surface area contributed by atoms with E-state index < -0.39 is 0 Å². The van der Waals surface area contributed by atoms with E-state index in [1.165, 1.54) is 6.33 Å². The second-order valence-electron chi connectivity index (χ2n) is 6.31. The number of nitrogens with zero attached hydrogens (tertiary/aromatic N) is 4. The summed E-state index contributed by atoms with van der Waals surface area (Å²) in [6, 6.07) is 13.1. The molecule has 1 heterocycles. The number of hydrogen-bond acceptors (Lipinski definition) is 6. The minimum atomic E-state index is -0.268. The highest BCUT2D eigenvalue weighted by Crippen LogP contribution is 2.36. The van der Waals surface area contributed by atoms with Crippen LogP contribution in [0, 0.1) is 11.3 Å². The number of benzene rings is 2. The average Bonchev–Trinajstić information content (AvgIpc) is 3.25. The number of carbonyl (C=O) groups is 1. The van der Waals surface area contributed by atoms with E-state index >= 15 is 0 Å². The van der Waals surface area contributed by atoms with Crippen molar-refractivity contribution in [2.45, 2.75) is 20.0 Å². The van der Waals surface area contributed by atoms with Crippen molar-refractivity contribution < 1.29 is 14.3 Å². The summed E-state index contributed by atoms with van der Waals surface area (Å²) in [7, 11) is 0. The smallest absolute Gasteiger partial charge is 0.258 e. The lowest BCUT2D eigenvalue weighted by molar-refractivity contribution is -0.123. The first-order valence-corrected chi connectivity index (χ1v) is 10.0. The molecule has 0 spiro atoms. The number of nitrogens with one attached hydrogen (secondary N) is 1. The summed E-state index contributed by atoms with van der Waals surface area (Å²) in [4.78, 5) is 16.2. The highest BCUT2D eigenvalue weighted by Gasteiger charge is 2.14. The lowest BCUT2D eigenvalue weighted by atomic mass is 10.1. The van der Waals surface area contributed by atoms with Gasteiger partial charge in [-0.25, -0.2) is 9.67 Å². The summed E-state index contributed by atoms with van der Waals surface area (Å²) in [6.07, 6.45) is 3.15. The third kappa shape index (κ3) is 5.81. The zero-order valence-electron chi connectivity index (χ0n) is 16.3. The highest BCUT2D eigenvalue weighted by molar-refractivity contribution is 9.10. The lowest BCUT2D eigenvalue weighted by Crippen LogP contribution is -2.28. The molecule has 0 radical (unpaired) electrons. The van der Waals surface area contributed by atoms with Crippen molar-refractivity contribution in [1.82, 2.24) is 20.1 Å². The Morgan fingerprint density at radius 1 is 1.27 bits per heavy atom. The van der Waals surface area contributed by atoms with Gasteiger partial charge < -0.3 is 14.8 Å². The van der Waals surface area contributed by atoms with Crippen LogP contribution in [-0.2, 0) is 17.9 Å². The van der Waals surface area contributed by atoms with Gasteiger partial charge >= 0.3 is 0 Å². The maximum absolute atomic E-state index is 12.3. The van der Waals surface area contributed by atoms with Crippen LogP contribution in [0.15, 0.2) is 53.5 Å². The van der Waals surface area contributed by atoms with Crippen molar-refractivity contribution in [2.24, 2.45) is 0 Å². The second kappa shape index (κ2) is 10.4. The summed E-state index contributed by atoms with van der Waals surface area (Å²) >= 11 is 3.37. The molecular formula is C21H20BrN5O3. The topological polar surface area (TPSA) is 102 Å². The molecule has 1 aromatic heterocycles. The molecule has 30 heavy (non-hydrogen) atoms. The molecule has 0 aliphatic heterocycles. The van der Waals surface area contributed by atoms with Crippen molar-refractivity contribution in [1.29, 1.82) is 5.26 Å². The fourth-order valence-electron chi connectivity index (χ4n) is 2.76. The van der Waals surface area contributed by atoms with E-state index in [1.807, 2.05) is 31.2 Å². The SMILES string of the molecule is CCOc1cc(C#N)cc(Br)c1OCC(=O)NCc1cccc(Cn2cncn2)c1. The monoisotopic (exact) mass is 469 g/mol. The van der Waals surface area contributed by atoms with Crippen molar-refractivity contribution in [2.75, 3.05) is 13.2 Å². The highest BCUT2D eigenvalue weighted by atomic mass is 79.9. The van der Waals surface area contributed by atoms with Gasteiger partial charge in [0.1, 0.15) is 12.7 Å². The Morgan fingerprint density at radius 2 is 2.10 bits per heavy atom. The van der Waals surface area contributed by atoms with Gasteiger partial charge in [-0.15, -0.1) is 0 Å². The molecule has 1 N–H and O–H groups in total.